The number of nitrogens with one attached hydrogen (secondary N) is 1. The summed E-state index contributed by atoms with van der Waals surface area (Å²) in [6.45, 7) is 5.45. The minimum absolute atomic E-state index is 0.259. The number of likely N-dealkylation sites (tertiary alicyclic amines) is 1. The summed E-state index contributed by atoms with van der Waals surface area (Å²) in [5, 5.41) is 17.2. The van der Waals surface area contributed by atoms with Gasteiger partial charge in [0.25, 0.3) is 0 Å². The van der Waals surface area contributed by atoms with Crippen molar-refractivity contribution >= 4 is 0 Å². The summed E-state index contributed by atoms with van der Waals surface area (Å²) in [4.78, 5) is 2.33. The van der Waals surface area contributed by atoms with Gasteiger partial charge in [0.1, 0.15) is 0 Å². The Hall–Kier alpha value is -0.910. The van der Waals surface area contributed by atoms with Gasteiger partial charge < -0.3 is 15.3 Å². The average Bonchev–Trinajstić information content (AvgIpc) is 2.96. The lowest BCUT2D eigenvalue weighted by Gasteiger charge is -2.19. The Morgan fingerprint density at radius 3 is 2.88 bits per heavy atom. The van der Waals surface area contributed by atoms with Gasteiger partial charge in [-0.25, -0.2) is 0 Å². The van der Waals surface area contributed by atoms with Crippen molar-refractivity contribution in [3.63, 3.8) is 0 Å². The molecular weight excluding hydrogens is 216 g/mol. The van der Waals surface area contributed by atoms with Gasteiger partial charge in [0.05, 0.1) is 12.6 Å². The normalized spacial score (nSPS) is 18.6. The molecule has 1 aliphatic heterocycles. The van der Waals surface area contributed by atoms with E-state index in [0.717, 1.165) is 32.7 Å². The molecule has 1 aromatic heterocycles. The number of β-amino-alcohol motifs (C(OH)–C–C–N with tert-alkyl or cyclic N) is 1. The molecule has 0 amide bonds. The highest BCUT2D eigenvalue weighted by atomic mass is 16.3. The lowest BCUT2D eigenvalue weighted by Crippen LogP contribution is -2.37. The Labute approximate surface area is 102 Å². The molecule has 1 atom stereocenters. The molecule has 1 unspecified atom stereocenters. The Kier molecular flexibility index (Phi) is 4.97. The van der Waals surface area contributed by atoms with Crippen molar-refractivity contribution in [1.82, 2.24) is 20.0 Å². The maximum atomic E-state index is 9.84. The SMILES string of the molecule is OC(CNCCn1cccn1)CN1CCCC1. The predicted octanol–water partition coefficient (Wildman–Crippen LogP) is -0.0706. The summed E-state index contributed by atoms with van der Waals surface area (Å²) in [5.74, 6) is 0. The largest absolute Gasteiger partial charge is 0.390 e. The molecule has 1 fully saturated rings. The van der Waals surface area contributed by atoms with Crippen LogP contribution in [0, 0.1) is 0 Å². The van der Waals surface area contributed by atoms with Gasteiger partial charge in [-0.2, -0.15) is 5.10 Å². The van der Waals surface area contributed by atoms with E-state index >= 15 is 0 Å². The minimum atomic E-state index is -0.259. The van der Waals surface area contributed by atoms with Crippen LogP contribution in [0.1, 0.15) is 12.8 Å². The van der Waals surface area contributed by atoms with Crippen LogP contribution >= 0.6 is 0 Å². The summed E-state index contributed by atoms with van der Waals surface area (Å²) in [5.41, 5.74) is 0. The van der Waals surface area contributed by atoms with Crippen molar-refractivity contribution in [3.05, 3.63) is 18.5 Å². The fraction of sp³-hybridized carbons (Fsp3) is 0.750. The third-order valence-electron chi connectivity index (χ3n) is 3.12. The van der Waals surface area contributed by atoms with E-state index < -0.39 is 0 Å². The summed E-state index contributed by atoms with van der Waals surface area (Å²) >= 11 is 0. The molecule has 0 aromatic carbocycles. The number of hydrogen-bond donors (Lipinski definition) is 2. The zero-order valence-electron chi connectivity index (χ0n) is 10.3. The van der Waals surface area contributed by atoms with E-state index in [2.05, 4.69) is 15.3 Å². The molecule has 96 valence electrons. The molecule has 2 heterocycles. The molecule has 5 nitrogen and oxygen atoms in total. The van der Waals surface area contributed by atoms with E-state index in [1.165, 1.54) is 12.8 Å². The average molecular weight is 238 g/mol. The van der Waals surface area contributed by atoms with E-state index in [4.69, 9.17) is 0 Å². The number of hydrogen-bond acceptors (Lipinski definition) is 4. The number of aromatic nitrogens is 2. The summed E-state index contributed by atoms with van der Waals surface area (Å²) < 4.78 is 1.89. The second kappa shape index (κ2) is 6.74. The highest BCUT2D eigenvalue weighted by molar-refractivity contribution is 4.78. The third-order valence-corrected chi connectivity index (χ3v) is 3.12. The van der Waals surface area contributed by atoms with Gasteiger partial charge in [-0.15, -0.1) is 0 Å². The van der Waals surface area contributed by atoms with E-state index in [1.54, 1.807) is 6.20 Å². The van der Waals surface area contributed by atoms with Crippen LogP contribution in [0.4, 0.5) is 0 Å². The minimum Gasteiger partial charge on any atom is -0.390 e. The summed E-state index contributed by atoms with van der Waals surface area (Å²) in [6, 6.07) is 1.92. The standard InChI is InChI=1S/C12H22N4O/c17-12(11-15-6-1-2-7-15)10-13-5-9-16-8-3-4-14-16/h3-4,8,12-13,17H,1-2,5-7,9-11H2. The van der Waals surface area contributed by atoms with Crippen molar-refractivity contribution in [2.75, 3.05) is 32.7 Å². The van der Waals surface area contributed by atoms with Gasteiger partial charge in [0.15, 0.2) is 0 Å². The van der Waals surface area contributed by atoms with Gasteiger partial charge in [0.2, 0.25) is 0 Å². The molecule has 0 aliphatic carbocycles. The molecule has 5 heteroatoms. The molecule has 2 N–H and O–H groups in total. The maximum absolute atomic E-state index is 9.84. The number of rotatable bonds is 7. The highest BCUT2D eigenvalue weighted by Crippen LogP contribution is 2.07. The van der Waals surface area contributed by atoms with Crippen molar-refractivity contribution < 1.29 is 5.11 Å². The van der Waals surface area contributed by atoms with Crippen LogP contribution in [-0.2, 0) is 6.54 Å². The number of aliphatic hydroxyl groups is 1. The van der Waals surface area contributed by atoms with Crippen LogP contribution in [0.5, 0.6) is 0 Å². The molecule has 0 bridgehead atoms. The van der Waals surface area contributed by atoms with Gasteiger partial charge in [-0.3, -0.25) is 4.68 Å². The van der Waals surface area contributed by atoms with Crippen LogP contribution in [0.3, 0.4) is 0 Å². The molecule has 2 rings (SSSR count). The summed E-state index contributed by atoms with van der Waals surface area (Å²) in [7, 11) is 0. The lowest BCUT2D eigenvalue weighted by atomic mass is 10.3. The van der Waals surface area contributed by atoms with E-state index in [1.807, 2.05) is 16.9 Å². The first kappa shape index (κ1) is 12.5. The maximum Gasteiger partial charge on any atom is 0.0791 e. The van der Waals surface area contributed by atoms with Crippen LogP contribution in [0.2, 0.25) is 0 Å². The fourth-order valence-corrected chi connectivity index (χ4v) is 2.22. The van der Waals surface area contributed by atoms with Crippen LogP contribution in [0.15, 0.2) is 18.5 Å². The predicted molar refractivity (Wildman–Crippen MR) is 66.8 cm³/mol. The van der Waals surface area contributed by atoms with E-state index in [9.17, 15) is 5.11 Å². The van der Waals surface area contributed by atoms with Crippen molar-refractivity contribution in [1.29, 1.82) is 0 Å². The monoisotopic (exact) mass is 238 g/mol. The Balaban J connectivity index is 1.52. The number of nitrogens with zero attached hydrogens (tertiary/aromatic N) is 3. The molecule has 0 saturated carbocycles. The first-order chi connectivity index (χ1) is 8.34. The van der Waals surface area contributed by atoms with E-state index in [-0.39, 0.29) is 6.10 Å². The topological polar surface area (TPSA) is 53.3 Å². The van der Waals surface area contributed by atoms with Crippen molar-refractivity contribution in [2.24, 2.45) is 0 Å². The Morgan fingerprint density at radius 1 is 1.35 bits per heavy atom. The van der Waals surface area contributed by atoms with Gasteiger partial charge >= 0.3 is 0 Å². The Morgan fingerprint density at radius 2 is 2.18 bits per heavy atom. The fourth-order valence-electron chi connectivity index (χ4n) is 2.22. The second-order valence-corrected chi connectivity index (χ2v) is 4.63. The molecular formula is C12H22N4O. The van der Waals surface area contributed by atoms with Crippen LogP contribution in [-0.4, -0.2) is 58.6 Å². The zero-order chi connectivity index (χ0) is 11.9. The first-order valence-corrected chi connectivity index (χ1v) is 6.43. The summed E-state index contributed by atoms with van der Waals surface area (Å²) in [6.07, 6.45) is 6.02. The van der Waals surface area contributed by atoms with Crippen LogP contribution < -0.4 is 5.32 Å². The molecule has 1 aromatic rings. The van der Waals surface area contributed by atoms with Gasteiger partial charge in [-0.1, -0.05) is 0 Å². The van der Waals surface area contributed by atoms with Crippen molar-refractivity contribution in [2.45, 2.75) is 25.5 Å². The van der Waals surface area contributed by atoms with Crippen LogP contribution in [0.25, 0.3) is 0 Å². The Bertz CT molecular complexity index is 295. The molecule has 17 heavy (non-hydrogen) atoms. The highest BCUT2D eigenvalue weighted by Gasteiger charge is 2.15. The molecule has 1 aliphatic rings. The number of aliphatic hydroxyl groups excluding tert-OH is 1. The second-order valence-electron chi connectivity index (χ2n) is 4.63. The molecule has 0 spiro atoms. The smallest absolute Gasteiger partial charge is 0.0791 e. The molecule has 0 radical (unpaired) electrons. The first-order valence-electron chi connectivity index (χ1n) is 6.43. The quantitative estimate of drug-likeness (QED) is 0.653. The zero-order valence-corrected chi connectivity index (χ0v) is 10.3. The lowest BCUT2D eigenvalue weighted by molar-refractivity contribution is 0.123. The third kappa shape index (κ3) is 4.46. The molecule has 1 saturated heterocycles. The van der Waals surface area contributed by atoms with Crippen molar-refractivity contribution in [3.8, 4) is 0 Å². The van der Waals surface area contributed by atoms with Gasteiger partial charge in [0, 0.05) is 32.0 Å². The van der Waals surface area contributed by atoms with Gasteiger partial charge in [-0.05, 0) is 32.0 Å². The van der Waals surface area contributed by atoms with E-state index in [0.29, 0.717) is 6.54 Å².